The molecule has 0 aromatic heterocycles. The van der Waals surface area contributed by atoms with Crippen LogP contribution in [0, 0.1) is 12.7 Å². The van der Waals surface area contributed by atoms with Gasteiger partial charge in [-0.1, -0.05) is 33.6 Å². The van der Waals surface area contributed by atoms with Crippen LogP contribution in [0.5, 0.6) is 11.5 Å². The lowest BCUT2D eigenvalue weighted by Gasteiger charge is -2.11. The van der Waals surface area contributed by atoms with Gasteiger partial charge in [-0.2, -0.15) is 0 Å². The molecular weight excluding hydrogens is 321 g/mol. The minimum atomic E-state index is -0.562. The van der Waals surface area contributed by atoms with Crippen molar-refractivity contribution in [2.75, 3.05) is 5.73 Å². The molecule has 0 bridgehead atoms. The summed E-state index contributed by atoms with van der Waals surface area (Å²) >= 11 is 8.98. The van der Waals surface area contributed by atoms with Gasteiger partial charge in [0.25, 0.3) is 0 Å². The zero-order chi connectivity index (χ0) is 13.3. The van der Waals surface area contributed by atoms with Gasteiger partial charge in [0.15, 0.2) is 5.75 Å². The van der Waals surface area contributed by atoms with Gasteiger partial charge in [-0.3, -0.25) is 0 Å². The summed E-state index contributed by atoms with van der Waals surface area (Å²) < 4.78 is 19.8. The van der Waals surface area contributed by atoms with E-state index in [1.165, 1.54) is 12.1 Å². The number of hydrogen-bond acceptors (Lipinski definition) is 2. The highest BCUT2D eigenvalue weighted by Gasteiger charge is 2.10. The molecule has 2 aromatic rings. The Hall–Kier alpha value is -1.26. The van der Waals surface area contributed by atoms with Crippen LogP contribution >= 0.6 is 27.5 Å². The van der Waals surface area contributed by atoms with Crippen LogP contribution < -0.4 is 10.5 Å². The van der Waals surface area contributed by atoms with Gasteiger partial charge in [-0.05, 0) is 30.7 Å². The molecule has 0 unspecified atom stereocenters. The maximum Gasteiger partial charge on any atom is 0.153 e. The normalized spacial score (nSPS) is 10.4. The second kappa shape index (κ2) is 5.16. The summed E-state index contributed by atoms with van der Waals surface area (Å²) in [5, 5.41) is -0.0224. The second-order valence-corrected chi connectivity index (χ2v) is 5.14. The molecule has 18 heavy (non-hydrogen) atoms. The Bertz CT molecular complexity index is 604. The topological polar surface area (TPSA) is 35.2 Å². The SMILES string of the molecule is Cc1ccc(Br)cc1Oc1cc(F)c(Cl)cc1N. The van der Waals surface area contributed by atoms with Crippen molar-refractivity contribution < 1.29 is 9.13 Å². The van der Waals surface area contributed by atoms with Gasteiger partial charge in [-0.15, -0.1) is 0 Å². The molecule has 94 valence electrons. The molecular formula is C13H10BrClFNO. The average molecular weight is 331 g/mol. The van der Waals surface area contributed by atoms with E-state index in [1.54, 1.807) is 6.07 Å². The Labute approximate surface area is 118 Å². The minimum absolute atomic E-state index is 0.0224. The van der Waals surface area contributed by atoms with E-state index in [0.29, 0.717) is 11.4 Å². The predicted octanol–water partition coefficient (Wildman–Crippen LogP) is 4.92. The molecule has 2 aromatic carbocycles. The van der Waals surface area contributed by atoms with Gasteiger partial charge in [0.2, 0.25) is 0 Å². The van der Waals surface area contributed by atoms with E-state index in [1.807, 2.05) is 19.1 Å². The number of anilines is 1. The second-order valence-electron chi connectivity index (χ2n) is 3.82. The minimum Gasteiger partial charge on any atom is -0.455 e. The first-order chi connectivity index (χ1) is 8.47. The molecule has 0 atom stereocenters. The van der Waals surface area contributed by atoms with E-state index in [4.69, 9.17) is 22.1 Å². The largest absolute Gasteiger partial charge is 0.455 e. The van der Waals surface area contributed by atoms with Gasteiger partial charge in [0.05, 0.1) is 10.7 Å². The summed E-state index contributed by atoms with van der Waals surface area (Å²) in [6.45, 7) is 1.89. The maximum atomic E-state index is 13.4. The van der Waals surface area contributed by atoms with Crippen LogP contribution in [0.3, 0.4) is 0 Å². The highest BCUT2D eigenvalue weighted by atomic mass is 79.9. The smallest absolute Gasteiger partial charge is 0.153 e. The molecule has 0 aliphatic carbocycles. The van der Waals surface area contributed by atoms with Crippen LogP contribution in [0.4, 0.5) is 10.1 Å². The average Bonchev–Trinajstić information content (AvgIpc) is 2.30. The van der Waals surface area contributed by atoms with E-state index >= 15 is 0 Å². The fraction of sp³-hybridized carbons (Fsp3) is 0.0769. The molecule has 0 saturated heterocycles. The van der Waals surface area contributed by atoms with E-state index in [9.17, 15) is 4.39 Å². The fourth-order valence-corrected chi connectivity index (χ4v) is 1.95. The van der Waals surface area contributed by atoms with Gasteiger partial charge < -0.3 is 10.5 Å². The van der Waals surface area contributed by atoms with Gasteiger partial charge in [-0.25, -0.2) is 4.39 Å². The van der Waals surface area contributed by atoms with Crippen molar-refractivity contribution in [1.82, 2.24) is 0 Å². The quantitative estimate of drug-likeness (QED) is 0.793. The Morgan fingerprint density at radius 1 is 1.22 bits per heavy atom. The highest BCUT2D eigenvalue weighted by Crippen LogP contribution is 2.34. The Morgan fingerprint density at radius 2 is 1.94 bits per heavy atom. The Balaban J connectivity index is 2.40. The highest BCUT2D eigenvalue weighted by molar-refractivity contribution is 9.10. The lowest BCUT2D eigenvalue weighted by Crippen LogP contribution is -1.95. The first-order valence-electron chi connectivity index (χ1n) is 5.16. The molecule has 0 radical (unpaired) electrons. The molecule has 0 saturated carbocycles. The molecule has 2 nitrogen and oxygen atoms in total. The summed E-state index contributed by atoms with van der Waals surface area (Å²) in [6, 6.07) is 8.09. The maximum absolute atomic E-state index is 13.4. The standard InChI is InChI=1S/C13H10BrClFNO/c1-7-2-3-8(14)4-12(7)18-13-6-10(16)9(15)5-11(13)17/h2-6H,17H2,1H3. The number of nitrogens with two attached hydrogens (primary N) is 1. The lowest BCUT2D eigenvalue weighted by molar-refractivity contribution is 0.475. The van der Waals surface area contributed by atoms with Gasteiger partial charge in [0.1, 0.15) is 11.6 Å². The molecule has 0 aliphatic rings. The zero-order valence-corrected chi connectivity index (χ0v) is 11.8. The van der Waals surface area contributed by atoms with Crippen LogP contribution in [0.1, 0.15) is 5.56 Å². The van der Waals surface area contributed by atoms with E-state index in [2.05, 4.69) is 15.9 Å². The lowest BCUT2D eigenvalue weighted by atomic mass is 10.2. The molecule has 2 rings (SSSR count). The van der Waals surface area contributed by atoms with Crippen molar-refractivity contribution in [3.8, 4) is 11.5 Å². The number of nitrogen functional groups attached to an aromatic ring is 1. The van der Waals surface area contributed by atoms with Crippen molar-refractivity contribution in [2.45, 2.75) is 6.92 Å². The zero-order valence-electron chi connectivity index (χ0n) is 9.51. The molecule has 0 fully saturated rings. The third-order valence-electron chi connectivity index (χ3n) is 2.42. The summed E-state index contributed by atoms with van der Waals surface area (Å²) in [5.74, 6) is 0.296. The number of ether oxygens (including phenoxy) is 1. The molecule has 0 spiro atoms. The van der Waals surface area contributed by atoms with Crippen molar-refractivity contribution in [3.63, 3.8) is 0 Å². The van der Waals surface area contributed by atoms with Gasteiger partial charge >= 0.3 is 0 Å². The van der Waals surface area contributed by atoms with Crippen molar-refractivity contribution in [2.24, 2.45) is 0 Å². The van der Waals surface area contributed by atoms with Crippen LogP contribution in [0.2, 0.25) is 5.02 Å². The number of benzene rings is 2. The molecule has 5 heteroatoms. The molecule has 0 amide bonds. The third-order valence-corrected chi connectivity index (χ3v) is 3.21. The summed E-state index contributed by atoms with van der Waals surface area (Å²) in [7, 11) is 0. The van der Waals surface area contributed by atoms with Crippen molar-refractivity contribution in [1.29, 1.82) is 0 Å². The Kier molecular flexibility index (Phi) is 3.78. The van der Waals surface area contributed by atoms with Crippen molar-refractivity contribution >= 4 is 33.2 Å². The summed E-state index contributed by atoms with van der Waals surface area (Å²) in [4.78, 5) is 0. The van der Waals surface area contributed by atoms with E-state index < -0.39 is 5.82 Å². The van der Waals surface area contributed by atoms with Crippen LogP contribution in [-0.2, 0) is 0 Å². The Morgan fingerprint density at radius 3 is 2.67 bits per heavy atom. The van der Waals surface area contributed by atoms with E-state index in [-0.39, 0.29) is 10.8 Å². The third kappa shape index (κ3) is 2.76. The number of aryl methyl sites for hydroxylation is 1. The van der Waals surface area contributed by atoms with Crippen LogP contribution in [0.25, 0.3) is 0 Å². The summed E-state index contributed by atoms with van der Waals surface area (Å²) in [6.07, 6.45) is 0. The molecule has 2 N–H and O–H groups in total. The van der Waals surface area contributed by atoms with Crippen molar-refractivity contribution in [3.05, 3.63) is 51.2 Å². The number of halogens is 3. The number of rotatable bonds is 2. The first-order valence-corrected chi connectivity index (χ1v) is 6.33. The van der Waals surface area contributed by atoms with Crippen LogP contribution in [-0.4, -0.2) is 0 Å². The fourth-order valence-electron chi connectivity index (χ4n) is 1.43. The number of hydrogen-bond donors (Lipinski definition) is 1. The monoisotopic (exact) mass is 329 g/mol. The predicted molar refractivity (Wildman–Crippen MR) is 74.8 cm³/mol. The van der Waals surface area contributed by atoms with Gasteiger partial charge in [0, 0.05) is 10.5 Å². The summed E-state index contributed by atoms with van der Waals surface area (Å²) in [5.41, 5.74) is 6.95. The van der Waals surface area contributed by atoms with E-state index in [0.717, 1.165) is 10.0 Å². The first kappa shape index (κ1) is 13.2. The van der Waals surface area contributed by atoms with Crippen LogP contribution in [0.15, 0.2) is 34.8 Å². The molecule has 0 aliphatic heterocycles. The molecule has 0 heterocycles.